The van der Waals surface area contributed by atoms with E-state index in [4.69, 9.17) is 4.74 Å². The van der Waals surface area contributed by atoms with Crippen LogP contribution in [0.25, 0.3) is 0 Å². The molecule has 0 aliphatic carbocycles. The molecule has 1 rings (SSSR count). The van der Waals surface area contributed by atoms with E-state index in [0.29, 0.717) is 0 Å². The smallest absolute Gasteiger partial charge is 0.278 e. The fourth-order valence-corrected chi connectivity index (χ4v) is 1.73. The first-order valence-electron chi connectivity index (χ1n) is 4.72. The van der Waals surface area contributed by atoms with E-state index in [1.54, 1.807) is 6.26 Å². The highest BCUT2D eigenvalue weighted by atomic mass is 32.2. The maximum Gasteiger partial charge on any atom is 0.278 e. The van der Waals surface area contributed by atoms with Crippen molar-refractivity contribution in [2.45, 2.75) is 19.3 Å². The molecule has 76 valence electrons. The van der Waals surface area contributed by atoms with Gasteiger partial charge in [-0.05, 0) is 31.4 Å². The van der Waals surface area contributed by atoms with E-state index in [-0.39, 0.29) is 5.24 Å². The van der Waals surface area contributed by atoms with E-state index < -0.39 is 0 Å². The average Bonchev–Trinajstić information content (AvgIpc) is 2.19. The zero-order chi connectivity index (χ0) is 9.52. The predicted octanol–water partition coefficient (Wildman–Crippen LogP) is 1.88. The molecule has 0 spiro atoms. The fraction of sp³-hybridized carbons (Fsp3) is 0.889. The van der Waals surface area contributed by atoms with Gasteiger partial charge in [-0.1, -0.05) is 11.8 Å². The van der Waals surface area contributed by atoms with Crippen LogP contribution in [0.5, 0.6) is 0 Å². The first kappa shape index (κ1) is 10.9. The van der Waals surface area contributed by atoms with Gasteiger partial charge < -0.3 is 10.1 Å². The second kappa shape index (κ2) is 6.27. The molecule has 0 saturated carbocycles. The van der Waals surface area contributed by atoms with Crippen LogP contribution < -0.4 is 5.32 Å². The van der Waals surface area contributed by atoms with E-state index in [1.807, 2.05) is 0 Å². The van der Waals surface area contributed by atoms with Crippen molar-refractivity contribution in [1.29, 1.82) is 0 Å². The van der Waals surface area contributed by atoms with E-state index in [0.717, 1.165) is 44.9 Å². The maximum absolute atomic E-state index is 10.9. The van der Waals surface area contributed by atoms with Crippen LogP contribution in [0, 0.1) is 5.92 Å². The Kier molecular flexibility index (Phi) is 5.23. The fourth-order valence-electron chi connectivity index (χ4n) is 1.49. The predicted molar refractivity (Wildman–Crippen MR) is 55.1 cm³/mol. The van der Waals surface area contributed by atoms with Gasteiger partial charge in [-0.3, -0.25) is 4.79 Å². The van der Waals surface area contributed by atoms with Crippen LogP contribution in [0.3, 0.4) is 0 Å². The highest BCUT2D eigenvalue weighted by Gasteiger charge is 2.13. The number of hydrogen-bond acceptors (Lipinski definition) is 3. The number of ether oxygens (including phenoxy) is 1. The Morgan fingerprint density at radius 1 is 1.54 bits per heavy atom. The van der Waals surface area contributed by atoms with Gasteiger partial charge in [-0.25, -0.2) is 0 Å². The van der Waals surface area contributed by atoms with Crippen molar-refractivity contribution < 1.29 is 9.53 Å². The minimum Gasteiger partial charge on any atom is -0.381 e. The number of hydrogen-bond donors (Lipinski definition) is 1. The lowest BCUT2D eigenvalue weighted by Gasteiger charge is -2.21. The van der Waals surface area contributed by atoms with Gasteiger partial charge >= 0.3 is 0 Å². The van der Waals surface area contributed by atoms with Crippen LogP contribution in [0.1, 0.15) is 19.3 Å². The molecule has 0 unspecified atom stereocenters. The number of nitrogens with one attached hydrogen (secondary N) is 1. The number of carbonyl (C=O) groups excluding carboxylic acids is 1. The standard InChI is InChI=1S/C9H17NO2S/c1-13-9(11)10-5-2-8-3-6-12-7-4-8/h8H,2-7H2,1H3,(H,10,11). The Morgan fingerprint density at radius 3 is 2.85 bits per heavy atom. The molecular weight excluding hydrogens is 186 g/mol. The van der Waals surface area contributed by atoms with Gasteiger partial charge in [0.1, 0.15) is 0 Å². The molecule has 0 radical (unpaired) electrons. The van der Waals surface area contributed by atoms with Crippen molar-refractivity contribution >= 4 is 17.0 Å². The zero-order valence-corrected chi connectivity index (χ0v) is 8.86. The molecule has 3 nitrogen and oxygen atoms in total. The summed E-state index contributed by atoms with van der Waals surface area (Å²) in [5, 5.41) is 2.94. The second-order valence-electron chi connectivity index (χ2n) is 3.26. The maximum atomic E-state index is 10.9. The molecule has 1 amide bonds. The highest BCUT2D eigenvalue weighted by molar-refractivity contribution is 8.12. The first-order valence-corrected chi connectivity index (χ1v) is 5.95. The summed E-state index contributed by atoms with van der Waals surface area (Å²) in [5.74, 6) is 0.746. The molecule has 13 heavy (non-hydrogen) atoms. The van der Waals surface area contributed by atoms with Crippen molar-refractivity contribution in [2.75, 3.05) is 26.0 Å². The molecular formula is C9H17NO2S. The lowest BCUT2D eigenvalue weighted by atomic mass is 9.97. The van der Waals surface area contributed by atoms with Crippen molar-refractivity contribution in [1.82, 2.24) is 5.32 Å². The third-order valence-corrected chi connectivity index (χ3v) is 2.86. The topological polar surface area (TPSA) is 38.3 Å². The molecule has 1 saturated heterocycles. The number of rotatable bonds is 3. The van der Waals surface area contributed by atoms with Gasteiger partial charge in [0.05, 0.1) is 0 Å². The Morgan fingerprint density at radius 2 is 2.23 bits per heavy atom. The Balaban J connectivity index is 2.01. The zero-order valence-electron chi connectivity index (χ0n) is 8.04. The molecule has 1 N–H and O–H groups in total. The normalized spacial score (nSPS) is 18.5. The highest BCUT2D eigenvalue weighted by Crippen LogP contribution is 2.17. The lowest BCUT2D eigenvalue weighted by Crippen LogP contribution is -2.24. The van der Waals surface area contributed by atoms with Crippen LogP contribution in [-0.4, -0.2) is 31.3 Å². The van der Waals surface area contributed by atoms with Crippen molar-refractivity contribution in [3.05, 3.63) is 0 Å². The molecule has 0 aromatic carbocycles. The summed E-state index contributed by atoms with van der Waals surface area (Å²) in [6.07, 6.45) is 5.18. The molecule has 0 bridgehead atoms. The third-order valence-electron chi connectivity index (χ3n) is 2.35. The molecule has 0 atom stereocenters. The number of carbonyl (C=O) groups is 1. The van der Waals surface area contributed by atoms with Gasteiger partial charge in [0.25, 0.3) is 5.24 Å². The average molecular weight is 203 g/mol. The Hall–Kier alpha value is -0.220. The number of amides is 1. The Bertz CT molecular complexity index is 158. The molecule has 1 aliphatic heterocycles. The molecule has 4 heteroatoms. The van der Waals surface area contributed by atoms with E-state index in [2.05, 4.69) is 5.32 Å². The van der Waals surface area contributed by atoms with Crippen LogP contribution in [0.4, 0.5) is 4.79 Å². The summed E-state index contributed by atoms with van der Waals surface area (Å²) >= 11 is 1.24. The minimum absolute atomic E-state index is 0.0760. The first-order chi connectivity index (χ1) is 6.33. The quantitative estimate of drug-likeness (QED) is 0.761. The Labute approximate surface area is 83.6 Å². The number of thioether (sulfide) groups is 1. The van der Waals surface area contributed by atoms with E-state index in [1.165, 1.54) is 11.8 Å². The van der Waals surface area contributed by atoms with Crippen molar-refractivity contribution in [2.24, 2.45) is 5.92 Å². The largest absolute Gasteiger partial charge is 0.381 e. The third kappa shape index (κ3) is 4.52. The van der Waals surface area contributed by atoms with Crippen molar-refractivity contribution in [3.8, 4) is 0 Å². The van der Waals surface area contributed by atoms with Crippen LogP contribution in [-0.2, 0) is 4.74 Å². The van der Waals surface area contributed by atoms with Gasteiger partial charge in [0.2, 0.25) is 0 Å². The summed E-state index contributed by atoms with van der Waals surface area (Å²) in [7, 11) is 0. The van der Waals surface area contributed by atoms with Gasteiger partial charge in [0, 0.05) is 19.8 Å². The van der Waals surface area contributed by atoms with Crippen molar-refractivity contribution in [3.63, 3.8) is 0 Å². The summed E-state index contributed by atoms with van der Waals surface area (Å²) < 4.78 is 5.26. The molecule has 1 heterocycles. The molecule has 1 aliphatic rings. The molecule has 0 aromatic rings. The van der Waals surface area contributed by atoms with E-state index >= 15 is 0 Å². The van der Waals surface area contributed by atoms with Gasteiger partial charge in [-0.15, -0.1) is 0 Å². The molecule has 1 fully saturated rings. The second-order valence-corrected chi connectivity index (χ2v) is 4.04. The summed E-state index contributed by atoms with van der Waals surface area (Å²) in [6.45, 7) is 2.59. The summed E-state index contributed by atoms with van der Waals surface area (Å²) in [4.78, 5) is 10.9. The van der Waals surface area contributed by atoms with Crippen LogP contribution in [0.2, 0.25) is 0 Å². The minimum atomic E-state index is 0.0760. The van der Waals surface area contributed by atoms with Gasteiger partial charge in [0.15, 0.2) is 0 Å². The van der Waals surface area contributed by atoms with Gasteiger partial charge in [-0.2, -0.15) is 0 Å². The van der Waals surface area contributed by atoms with Crippen LogP contribution >= 0.6 is 11.8 Å². The lowest BCUT2D eigenvalue weighted by molar-refractivity contribution is 0.0642. The summed E-state index contributed by atoms with van der Waals surface area (Å²) in [5.41, 5.74) is 0. The van der Waals surface area contributed by atoms with Crippen LogP contribution in [0.15, 0.2) is 0 Å². The van der Waals surface area contributed by atoms with E-state index in [9.17, 15) is 4.79 Å². The summed E-state index contributed by atoms with van der Waals surface area (Å²) in [6, 6.07) is 0. The monoisotopic (exact) mass is 203 g/mol. The molecule has 0 aromatic heterocycles. The SMILES string of the molecule is CSC(=O)NCCC1CCOCC1.